The van der Waals surface area contributed by atoms with Gasteiger partial charge in [0.15, 0.2) is 5.84 Å². The number of esters is 1. The number of hydrogen-bond acceptors (Lipinski definition) is 7. The third-order valence-electron chi connectivity index (χ3n) is 6.48. The van der Waals surface area contributed by atoms with E-state index in [0.29, 0.717) is 15.9 Å². The van der Waals surface area contributed by atoms with Gasteiger partial charge in [-0.3, -0.25) is 19.7 Å². The first-order valence-electron chi connectivity index (χ1n) is 12.5. The third kappa shape index (κ3) is 5.55. The van der Waals surface area contributed by atoms with E-state index in [1.54, 1.807) is 0 Å². The number of hydrogen-bond donors (Lipinski definition) is 0. The number of nitro benzene ring substituents is 1. The van der Waals surface area contributed by atoms with Crippen molar-refractivity contribution < 1.29 is 19.2 Å². The fraction of sp³-hybridized carbons (Fsp3) is 0.0645. The van der Waals surface area contributed by atoms with Crippen molar-refractivity contribution in [2.45, 2.75) is 0 Å². The predicted octanol–water partition coefficient (Wildman–Crippen LogP) is 4.35. The van der Waals surface area contributed by atoms with E-state index in [0.717, 1.165) is 27.7 Å². The van der Waals surface area contributed by atoms with Gasteiger partial charge in [-0.1, -0.05) is 103 Å². The van der Waals surface area contributed by atoms with Gasteiger partial charge in [-0.25, -0.2) is 4.99 Å². The number of rotatable bonds is 7. The van der Waals surface area contributed by atoms with Crippen molar-refractivity contribution >= 4 is 68.3 Å². The van der Waals surface area contributed by atoms with Gasteiger partial charge in [-0.15, -0.1) is 0 Å². The molecule has 204 valence electrons. The summed E-state index contributed by atoms with van der Waals surface area (Å²) in [6.07, 6.45) is 0. The van der Waals surface area contributed by atoms with Gasteiger partial charge < -0.3 is 4.74 Å². The van der Waals surface area contributed by atoms with Crippen molar-refractivity contribution in [2.75, 3.05) is 12.9 Å². The summed E-state index contributed by atoms with van der Waals surface area (Å²) in [6, 6.07) is 35.1. The molecule has 0 fully saturated rings. The van der Waals surface area contributed by atoms with E-state index in [4.69, 9.17) is 9.73 Å². The monoisotopic (exact) mass is 581 g/mol. The van der Waals surface area contributed by atoms with Gasteiger partial charge in [0.25, 0.3) is 11.6 Å². The Hall–Kier alpha value is -4.59. The molecule has 8 nitrogen and oxygen atoms in total. The van der Waals surface area contributed by atoms with Crippen molar-refractivity contribution in [2.24, 2.45) is 9.98 Å². The summed E-state index contributed by atoms with van der Waals surface area (Å²) in [7, 11) is 1.31. The minimum atomic E-state index is -2.88. The molecule has 0 N–H and O–H groups in total. The molecule has 0 atom stereocenters. The predicted molar refractivity (Wildman–Crippen MR) is 167 cm³/mol. The molecule has 1 heterocycles. The zero-order valence-electron chi connectivity index (χ0n) is 21.9. The van der Waals surface area contributed by atoms with Gasteiger partial charge in [-0.05, 0) is 34.9 Å². The van der Waals surface area contributed by atoms with E-state index in [9.17, 15) is 19.7 Å². The summed E-state index contributed by atoms with van der Waals surface area (Å²) < 4.78 is 4.90. The molecule has 4 aromatic carbocycles. The second kappa shape index (κ2) is 12.3. The van der Waals surface area contributed by atoms with Crippen LogP contribution < -0.4 is 15.9 Å². The number of benzene rings is 4. The molecule has 0 saturated heterocycles. The van der Waals surface area contributed by atoms with Gasteiger partial charge in [-0.2, -0.15) is 4.99 Å². The van der Waals surface area contributed by atoms with Crippen LogP contribution in [0, 0.1) is 10.1 Å². The second-order valence-corrected chi connectivity index (χ2v) is 13.2. The van der Waals surface area contributed by atoms with Crippen LogP contribution >= 0.6 is 18.6 Å². The number of carbonyl (C=O) groups is 2. The first-order valence-corrected chi connectivity index (χ1v) is 15.3. The average molecular weight is 582 g/mol. The lowest BCUT2D eigenvalue weighted by molar-refractivity contribution is -0.384. The average Bonchev–Trinajstić information content (AvgIpc) is 3.02. The van der Waals surface area contributed by atoms with Crippen LogP contribution in [0.15, 0.2) is 125 Å². The molecule has 0 spiro atoms. The number of thioether (sulfide) groups is 1. The van der Waals surface area contributed by atoms with Crippen LogP contribution in [0.3, 0.4) is 0 Å². The number of ether oxygens (including phenoxy) is 1. The molecule has 0 bridgehead atoms. The highest BCUT2D eigenvalue weighted by Crippen LogP contribution is 2.48. The van der Waals surface area contributed by atoms with Crippen LogP contribution in [-0.4, -0.2) is 45.8 Å². The summed E-state index contributed by atoms with van der Waals surface area (Å²) in [4.78, 5) is 46.5. The maximum atomic E-state index is 14.3. The smallest absolute Gasteiger partial charge is 0.316 e. The molecule has 10 heteroatoms. The van der Waals surface area contributed by atoms with Crippen LogP contribution in [0.5, 0.6) is 0 Å². The summed E-state index contributed by atoms with van der Waals surface area (Å²) >= 11 is 1.12. The Morgan fingerprint density at radius 3 is 1.73 bits per heavy atom. The Bertz CT molecular complexity index is 1620. The van der Waals surface area contributed by atoms with Crippen molar-refractivity contribution in [3.05, 3.63) is 131 Å². The van der Waals surface area contributed by atoms with E-state index < -0.39 is 23.7 Å². The largest absolute Gasteiger partial charge is 0.468 e. The molecular weight excluding hydrogens is 557 g/mol. The van der Waals surface area contributed by atoms with Crippen molar-refractivity contribution in [1.29, 1.82) is 0 Å². The Morgan fingerprint density at radius 2 is 1.29 bits per heavy atom. The molecule has 4 aromatic rings. The highest BCUT2D eigenvalue weighted by atomic mass is 32.2. The summed E-state index contributed by atoms with van der Waals surface area (Å²) in [5, 5.41) is 14.7. The standard InChI is InChI=1S/C31H24N3O5PS/c1-39-27(35)21-41-31-28(30(36)32-29(33-31)22-17-19-23(20-18-22)34(37)38)40(24-11-5-2-6-12-24,25-13-7-3-8-14-25)26-15-9-4-10-16-26/h2-20H,21H2,1H3. The Balaban J connectivity index is 1.86. The molecule has 5 rings (SSSR count). The Labute approximate surface area is 240 Å². The van der Waals surface area contributed by atoms with Gasteiger partial charge in [0.2, 0.25) is 0 Å². The second-order valence-electron chi connectivity index (χ2n) is 8.85. The van der Waals surface area contributed by atoms with E-state index in [1.165, 1.54) is 31.4 Å². The quantitative estimate of drug-likeness (QED) is 0.139. The van der Waals surface area contributed by atoms with E-state index in [2.05, 4.69) is 4.99 Å². The fourth-order valence-electron chi connectivity index (χ4n) is 4.64. The molecule has 1 aliphatic heterocycles. The van der Waals surface area contributed by atoms with Crippen molar-refractivity contribution in [3.8, 4) is 0 Å². The Kier molecular flexibility index (Phi) is 8.38. The molecular formula is C31H24N3O5PS. The summed E-state index contributed by atoms with van der Waals surface area (Å²) in [5.74, 6) is -0.899. The van der Waals surface area contributed by atoms with Crippen molar-refractivity contribution in [1.82, 2.24) is 0 Å². The topological polar surface area (TPSA) is 111 Å². The fourth-order valence-corrected chi connectivity index (χ4v) is 10.2. The van der Waals surface area contributed by atoms with E-state index in [1.807, 2.05) is 91.0 Å². The minimum absolute atomic E-state index is 0.0714. The lowest BCUT2D eigenvalue weighted by Crippen LogP contribution is -2.38. The number of nitro groups is 1. The number of non-ortho nitro benzene ring substituents is 1. The van der Waals surface area contributed by atoms with Crippen LogP contribution in [0.25, 0.3) is 0 Å². The molecule has 0 saturated carbocycles. The van der Waals surface area contributed by atoms with E-state index in [-0.39, 0.29) is 17.3 Å². The van der Waals surface area contributed by atoms with Crippen LogP contribution in [0.4, 0.5) is 5.69 Å². The van der Waals surface area contributed by atoms with Gasteiger partial charge in [0.05, 0.1) is 23.1 Å². The summed E-state index contributed by atoms with van der Waals surface area (Å²) in [6.45, 7) is -2.88. The van der Waals surface area contributed by atoms with Gasteiger partial charge >= 0.3 is 5.97 Å². The van der Waals surface area contributed by atoms with Gasteiger partial charge in [0, 0.05) is 17.7 Å². The van der Waals surface area contributed by atoms with E-state index >= 15 is 0 Å². The molecule has 0 aliphatic carbocycles. The molecule has 0 unspecified atom stereocenters. The van der Waals surface area contributed by atoms with Crippen LogP contribution in [0.2, 0.25) is 0 Å². The normalized spacial score (nSPS) is 13.3. The highest BCUT2D eigenvalue weighted by molar-refractivity contribution is 8.19. The van der Waals surface area contributed by atoms with Gasteiger partial charge in [0.1, 0.15) is 5.04 Å². The first kappa shape index (κ1) is 28.0. The zero-order valence-corrected chi connectivity index (χ0v) is 23.6. The molecule has 1 aliphatic rings. The molecule has 1 amide bonds. The molecule has 41 heavy (non-hydrogen) atoms. The number of amidine groups is 1. The lowest BCUT2D eigenvalue weighted by Gasteiger charge is -2.33. The van der Waals surface area contributed by atoms with Crippen LogP contribution in [0.1, 0.15) is 5.56 Å². The lowest BCUT2D eigenvalue weighted by atomic mass is 10.2. The van der Waals surface area contributed by atoms with Crippen molar-refractivity contribution in [3.63, 3.8) is 0 Å². The number of nitrogens with zero attached hydrogens (tertiary/aromatic N) is 3. The number of methoxy groups -OCH3 is 1. The Morgan fingerprint density at radius 1 is 0.805 bits per heavy atom. The maximum absolute atomic E-state index is 14.3. The molecule has 0 radical (unpaired) electrons. The van der Waals surface area contributed by atoms with Crippen LogP contribution in [-0.2, 0) is 14.3 Å². The minimum Gasteiger partial charge on any atom is -0.468 e. The maximum Gasteiger partial charge on any atom is 0.316 e. The molecule has 0 aromatic heterocycles. The number of amides is 1. The number of carbonyl (C=O) groups excluding carboxylic acids is 2. The zero-order chi connectivity index (χ0) is 28.8. The third-order valence-corrected chi connectivity index (χ3v) is 11.9. The SMILES string of the molecule is COC(=O)CSC1=NC(c2ccc([N+](=O)[O-])cc2)=NC(=O)C1=P(c1ccccc1)(c1ccccc1)c1ccccc1. The highest BCUT2D eigenvalue weighted by Gasteiger charge is 2.38. The number of aliphatic imine (C=N–C) groups is 2. The summed E-state index contributed by atoms with van der Waals surface area (Å²) in [5.41, 5.74) is 0.359. The first-order chi connectivity index (χ1) is 19.9.